The van der Waals surface area contributed by atoms with Gasteiger partial charge in [0, 0.05) is 11.8 Å². The van der Waals surface area contributed by atoms with E-state index in [9.17, 15) is 5.11 Å². The molecule has 0 aromatic carbocycles. The van der Waals surface area contributed by atoms with E-state index < -0.39 is 0 Å². The molecule has 134 valence electrons. The molecule has 0 saturated carbocycles. The minimum Gasteiger partial charge on any atom is -0.392 e. The zero-order valence-electron chi connectivity index (χ0n) is 15.6. The third kappa shape index (κ3) is 3.70. The summed E-state index contributed by atoms with van der Waals surface area (Å²) in [5, 5.41) is 10.9. The van der Waals surface area contributed by atoms with Gasteiger partial charge < -0.3 is 9.84 Å². The van der Waals surface area contributed by atoms with Crippen molar-refractivity contribution in [2.75, 3.05) is 6.61 Å². The lowest BCUT2D eigenvalue weighted by molar-refractivity contribution is -0.0951. The molecular formula is C22H34O2. The van der Waals surface area contributed by atoms with Gasteiger partial charge in [0.15, 0.2) is 0 Å². The summed E-state index contributed by atoms with van der Waals surface area (Å²) in [6, 6.07) is 0. The van der Waals surface area contributed by atoms with E-state index in [2.05, 4.69) is 51.2 Å². The Balaban J connectivity index is 1.70. The molecule has 24 heavy (non-hydrogen) atoms. The fraction of sp³-hybridized carbons (Fsp3) is 0.727. The van der Waals surface area contributed by atoms with Crippen molar-refractivity contribution in [3.8, 4) is 0 Å². The minimum absolute atomic E-state index is 0.0797. The van der Waals surface area contributed by atoms with Crippen LogP contribution in [0.4, 0.5) is 0 Å². The number of unbranched alkanes of at least 4 members (excludes halogenated alkanes) is 3. The number of aliphatic hydroxyl groups is 1. The zero-order chi connectivity index (χ0) is 17.2. The van der Waals surface area contributed by atoms with Gasteiger partial charge in [-0.3, -0.25) is 0 Å². The Bertz CT molecular complexity index is 514. The number of ether oxygens (including phenoxy) is 1. The topological polar surface area (TPSA) is 29.5 Å². The van der Waals surface area contributed by atoms with Gasteiger partial charge in [-0.15, -0.1) is 0 Å². The number of hydrogen-bond acceptors (Lipinski definition) is 2. The number of allylic oxidation sites excluding steroid dienone is 3. The van der Waals surface area contributed by atoms with Gasteiger partial charge in [0.05, 0.1) is 18.8 Å². The largest absolute Gasteiger partial charge is 0.392 e. The van der Waals surface area contributed by atoms with Crippen LogP contribution in [-0.4, -0.2) is 23.9 Å². The summed E-state index contributed by atoms with van der Waals surface area (Å²) in [4.78, 5) is 0. The summed E-state index contributed by atoms with van der Waals surface area (Å²) >= 11 is 0. The predicted molar refractivity (Wildman–Crippen MR) is 99.7 cm³/mol. The summed E-state index contributed by atoms with van der Waals surface area (Å²) in [5.74, 6) is 1.07. The highest BCUT2D eigenvalue weighted by Gasteiger charge is 2.45. The average molecular weight is 331 g/mol. The fourth-order valence-corrected chi connectivity index (χ4v) is 4.72. The maximum absolute atomic E-state index is 10.9. The molecule has 0 radical (unpaired) electrons. The molecule has 0 aromatic heterocycles. The molecule has 3 unspecified atom stereocenters. The van der Waals surface area contributed by atoms with E-state index in [4.69, 9.17) is 4.74 Å². The van der Waals surface area contributed by atoms with Crippen molar-refractivity contribution in [2.45, 2.75) is 71.5 Å². The van der Waals surface area contributed by atoms with Gasteiger partial charge in [-0.2, -0.15) is 0 Å². The van der Waals surface area contributed by atoms with Crippen LogP contribution in [0.2, 0.25) is 0 Å². The molecule has 0 aromatic rings. The lowest BCUT2D eigenvalue weighted by atomic mass is 9.65. The van der Waals surface area contributed by atoms with Crippen LogP contribution in [0.25, 0.3) is 0 Å². The molecule has 1 saturated heterocycles. The Morgan fingerprint density at radius 2 is 1.96 bits per heavy atom. The van der Waals surface area contributed by atoms with Crippen LogP contribution in [0.1, 0.15) is 59.3 Å². The van der Waals surface area contributed by atoms with E-state index in [1.807, 2.05) is 0 Å². The Morgan fingerprint density at radius 3 is 2.75 bits per heavy atom. The van der Waals surface area contributed by atoms with Gasteiger partial charge in [0.25, 0.3) is 0 Å². The van der Waals surface area contributed by atoms with Crippen LogP contribution in [-0.2, 0) is 4.74 Å². The Hall–Kier alpha value is -0.860. The van der Waals surface area contributed by atoms with Crippen molar-refractivity contribution in [1.29, 1.82) is 0 Å². The Morgan fingerprint density at radius 1 is 1.17 bits per heavy atom. The summed E-state index contributed by atoms with van der Waals surface area (Å²) in [6.45, 7) is 7.72. The molecule has 0 spiro atoms. The average Bonchev–Trinajstić information content (AvgIpc) is 2.58. The number of rotatable bonds is 6. The first-order chi connectivity index (χ1) is 11.5. The normalized spacial score (nSPS) is 35.3. The maximum Gasteiger partial charge on any atom is 0.0817 e. The van der Waals surface area contributed by atoms with E-state index >= 15 is 0 Å². The van der Waals surface area contributed by atoms with E-state index in [-0.39, 0.29) is 23.5 Å². The summed E-state index contributed by atoms with van der Waals surface area (Å²) in [5.41, 5.74) is 1.57. The van der Waals surface area contributed by atoms with Crippen LogP contribution in [0.3, 0.4) is 0 Å². The predicted octanol–water partition coefficient (Wildman–Crippen LogP) is 5.05. The van der Waals surface area contributed by atoms with Crippen molar-refractivity contribution in [2.24, 2.45) is 23.2 Å². The highest BCUT2D eigenvalue weighted by molar-refractivity contribution is 5.25. The molecule has 0 amide bonds. The second kappa shape index (κ2) is 7.58. The highest BCUT2D eigenvalue weighted by Crippen LogP contribution is 2.46. The first kappa shape index (κ1) is 17.9. The Labute approximate surface area is 147 Å². The van der Waals surface area contributed by atoms with Crippen LogP contribution in [0, 0.1) is 23.2 Å². The first-order valence-electron chi connectivity index (χ1n) is 9.89. The SMILES string of the molecule is CCCCCCC(C)(C)C1=C[C@@H]2OCC3C=CC=CC3[C@@H]2C(O)C1. The van der Waals surface area contributed by atoms with E-state index in [1.54, 1.807) is 0 Å². The monoisotopic (exact) mass is 330 g/mol. The quantitative estimate of drug-likeness (QED) is 0.545. The molecule has 0 bridgehead atoms. The number of hydrogen-bond donors (Lipinski definition) is 1. The number of fused-ring (bicyclic) bond motifs is 3. The van der Waals surface area contributed by atoms with E-state index in [1.165, 1.54) is 37.7 Å². The molecule has 2 aliphatic carbocycles. The van der Waals surface area contributed by atoms with Gasteiger partial charge in [-0.1, -0.05) is 82.4 Å². The van der Waals surface area contributed by atoms with Gasteiger partial charge in [-0.05, 0) is 24.2 Å². The molecule has 2 heteroatoms. The summed E-state index contributed by atoms with van der Waals surface area (Å²) in [7, 11) is 0. The van der Waals surface area contributed by atoms with Crippen LogP contribution in [0.15, 0.2) is 36.0 Å². The smallest absolute Gasteiger partial charge is 0.0817 e. The van der Waals surface area contributed by atoms with Crippen LogP contribution < -0.4 is 0 Å². The van der Waals surface area contributed by atoms with Crippen LogP contribution in [0.5, 0.6) is 0 Å². The van der Waals surface area contributed by atoms with Crippen molar-refractivity contribution in [3.05, 3.63) is 36.0 Å². The van der Waals surface area contributed by atoms with Crippen molar-refractivity contribution in [3.63, 3.8) is 0 Å². The number of aliphatic hydroxyl groups excluding tert-OH is 1. The fourth-order valence-electron chi connectivity index (χ4n) is 4.72. The van der Waals surface area contributed by atoms with Crippen molar-refractivity contribution >= 4 is 0 Å². The lowest BCUT2D eigenvalue weighted by Crippen LogP contribution is -2.49. The van der Waals surface area contributed by atoms with Gasteiger partial charge in [0.1, 0.15) is 0 Å². The Kier molecular flexibility index (Phi) is 5.66. The molecule has 3 rings (SSSR count). The molecule has 1 heterocycles. The molecular weight excluding hydrogens is 296 g/mol. The summed E-state index contributed by atoms with van der Waals surface area (Å²) < 4.78 is 6.17. The van der Waals surface area contributed by atoms with Gasteiger partial charge in [0.2, 0.25) is 0 Å². The minimum atomic E-state index is -0.283. The second-order valence-corrected chi connectivity index (χ2v) is 8.54. The summed E-state index contributed by atoms with van der Waals surface area (Å²) in [6.07, 6.45) is 18.1. The molecule has 1 fully saturated rings. The maximum atomic E-state index is 10.9. The standard InChI is InChI=1S/C22H34O2/c1-4-5-6-9-12-22(2,3)17-13-19(23)21-18-11-8-7-10-16(18)15-24-20(21)14-17/h7-8,10-11,14,16,18-21,23H,4-6,9,12-13,15H2,1-3H3/t16?,18?,19?,20-,21+/m0/s1. The van der Waals surface area contributed by atoms with Gasteiger partial charge in [-0.25, -0.2) is 0 Å². The van der Waals surface area contributed by atoms with Crippen molar-refractivity contribution in [1.82, 2.24) is 0 Å². The third-order valence-electron chi connectivity index (χ3n) is 6.37. The van der Waals surface area contributed by atoms with E-state index in [0.29, 0.717) is 11.8 Å². The molecule has 3 aliphatic rings. The van der Waals surface area contributed by atoms with Crippen molar-refractivity contribution < 1.29 is 9.84 Å². The first-order valence-corrected chi connectivity index (χ1v) is 9.89. The van der Waals surface area contributed by atoms with Gasteiger partial charge >= 0.3 is 0 Å². The molecule has 1 aliphatic heterocycles. The molecule has 2 nitrogen and oxygen atoms in total. The molecule has 5 atom stereocenters. The second-order valence-electron chi connectivity index (χ2n) is 8.54. The highest BCUT2D eigenvalue weighted by atomic mass is 16.5. The third-order valence-corrected chi connectivity index (χ3v) is 6.37. The lowest BCUT2D eigenvalue weighted by Gasteiger charge is -2.47. The van der Waals surface area contributed by atoms with E-state index in [0.717, 1.165) is 13.0 Å². The van der Waals surface area contributed by atoms with Crippen LogP contribution >= 0.6 is 0 Å². The zero-order valence-corrected chi connectivity index (χ0v) is 15.6. The molecule has 1 N–H and O–H groups in total.